The van der Waals surface area contributed by atoms with E-state index < -0.39 is 28.5 Å². The molecule has 4 fully saturated rings. The number of rotatable bonds is 1. The molecule has 10 atom stereocenters. The summed E-state index contributed by atoms with van der Waals surface area (Å²) in [6, 6.07) is 0. The van der Waals surface area contributed by atoms with Crippen LogP contribution in [0.5, 0.6) is 0 Å². The Kier molecular flexibility index (Phi) is 5.25. The average molecular weight is 487 g/mol. The second kappa shape index (κ2) is 7.22. The van der Waals surface area contributed by atoms with Crippen LogP contribution < -0.4 is 0 Å². The summed E-state index contributed by atoms with van der Waals surface area (Å²) in [5, 5.41) is 33.3. The summed E-state index contributed by atoms with van der Waals surface area (Å²) in [7, 11) is 0. The minimum absolute atomic E-state index is 0.0158. The van der Waals surface area contributed by atoms with Crippen molar-refractivity contribution < 1.29 is 24.9 Å². The molecule has 196 valence electrons. The third-order valence-corrected chi connectivity index (χ3v) is 13.2. The van der Waals surface area contributed by atoms with Crippen molar-refractivity contribution in [3.8, 4) is 0 Å². The quantitative estimate of drug-likeness (QED) is 0.432. The first-order valence-corrected chi connectivity index (χ1v) is 13.9. The van der Waals surface area contributed by atoms with Gasteiger partial charge in [0.2, 0.25) is 0 Å². The number of Topliss-reactive ketones (excluding diaryl/α,β-unsaturated/α-hetero) is 1. The highest BCUT2D eigenvalue weighted by atomic mass is 16.4. The zero-order valence-electron chi connectivity index (χ0n) is 22.8. The smallest absolute Gasteiger partial charge is 0.310 e. The molecule has 5 rings (SSSR count). The van der Waals surface area contributed by atoms with Crippen molar-refractivity contribution in [1.29, 1.82) is 0 Å². The number of hydrogen-bond donors (Lipinski definition) is 3. The van der Waals surface area contributed by atoms with E-state index in [1.54, 1.807) is 0 Å². The Balaban J connectivity index is 1.65. The van der Waals surface area contributed by atoms with Crippen LogP contribution >= 0.6 is 0 Å². The van der Waals surface area contributed by atoms with E-state index in [0.29, 0.717) is 25.2 Å². The lowest BCUT2D eigenvalue weighted by Gasteiger charge is -2.71. The lowest BCUT2D eigenvalue weighted by atomic mass is 9.33. The van der Waals surface area contributed by atoms with Gasteiger partial charge < -0.3 is 15.3 Å². The number of hydrogen-bond acceptors (Lipinski definition) is 4. The van der Waals surface area contributed by atoms with Gasteiger partial charge in [0.1, 0.15) is 6.10 Å². The van der Waals surface area contributed by atoms with Crippen LogP contribution in [-0.2, 0) is 9.59 Å². The van der Waals surface area contributed by atoms with E-state index >= 15 is 0 Å². The molecule has 5 heteroatoms. The maximum atomic E-state index is 13.0. The standard InChI is InChI=1S/C30H46O5/c1-17-10-13-30(24(33)34)15-14-27(5)18(22(30)29(17,7)35)8-9-21-26(4)16-19(31)23(32)25(2,3)20(26)11-12-28(21,27)6/h8,17,19-22,31,35H,9-16H2,1-7H3,(H,33,34)/t17-,19+,20+,21-,22+,26-,27-,28+,29-,30+/m1/s1. The van der Waals surface area contributed by atoms with Crippen LogP contribution in [-0.4, -0.2) is 38.8 Å². The summed E-state index contributed by atoms with van der Waals surface area (Å²) in [4.78, 5) is 25.8. The summed E-state index contributed by atoms with van der Waals surface area (Å²) in [5.74, 6) is -0.584. The molecule has 0 aromatic heterocycles. The van der Waals surface area contributed by atoms with E-state index in [4.69, 9.17) is 0 Å². The van der Waals surface area contributed by atoms with Crippen LogP contribution in [0.1, 0.15) is 99.8 Å². The highest BCUT2D eigenvalue weighted by Crippen LogP contribution is 2.75. The van der Waals surface area contributed by atoms with E-state index in [1.165, 1.54) is 5.57 Å². The number of carboxylic acid groups (broad SMARTS) is 1. The summed E-state index contributed by atoms with van der Waals surface area (Å²) in [5.41, 5.74) is -1.81. The topological polar surface area (TPSA) is 94.8 Å². The van der Waals surface area contributed by atoms with E-state index in [0.717, 1.165) is 32.1 Å². The second-order valence-electron chi connectivity index (χ2n) is 14.7. The fourth-order valence-electron chi connectivity index (χ4n) is 10.8. The number of carbonyl (C=O) groups is 2. The van der Waals surface area contributed by atoms with Crippen LogP contribution in [0.25, 0.3) is 0 Å². The van der Waals surface area contributed by atoms with Crippen molar-refractivity contribution in [1.82, 2.24) is 0 Å². The summed E-state index contributed by atoms with van der Waals surface area (Å²) in [6.45, 7) is 15.0. The molecule has 0 saturated heterocycles. The predicted octanol–water partition coefficient (Wildman–Crippen LogP) is 5.38. The first-order valence-electron chi connectivity index (χ1n) is 13.9. The van der Waals surface area contributed by atoms with Gasteiger partial charge in [-0.05, 0) is 92.3 Å². The number of fused-ring (bicyclic) bond motifs is 7. The van der Waals surface area contributed by atoms with Crippen molar-refractivity contribution in [2.45, 2.75) is 112 Å². The molecule has 0 aromatic rings. The molecule has 35 heavy (non-hydrogen) atoms. The Morgan fingerprint density at radius 1 is 0.971 bits per heavy atom. The molecule has 3 N–H and O–H groups in total. The van der Waals surface area contributed by atoms with Crippen molar-refractivity contribution in [3.63, 3.8) is 0 Å². The Morgan fingerprint density at radius 3 is 2.26 bits per heavy atom. The lowest BCUT2D eigenvalue weighted by molar-refractivity contribution is -0.213. The van der Waals surface area contributed by atoms with Gasteiger partial charge in [0.25, 0.3) is 0 Å². The van der Waals surface area contributed by atoms with Crippen molar-refractivity contribution in [3.05, 3.63) is 11.6 Å². The Bertz CT molecular complexity index is 995. The van der Waals surface area contributed by atoms with Crippen molar-refractivity contribution in [2.24, 2.45) is 50.7 Å². The van der Waals surface area contributed by atoms with Gasteiger partial charge >= 0.3 is 5.97 Å². The maximum absolute atomic E-state index is 13.0. The zero-order valence-corrected chi connectivity index (χ0v) is 22.8. The van der Waals surface area contributed by atoms with Crippen LogP contribution in [0.15, 0.2) is 11.6 Å². The van der Waals surface area contributed by atoms with Crippen molar-refractivity contribution in [2.75, 3.05) is 0 Å². The van der Waals surface area contributed by atoms with Gasteiger partial charge in [0.15, 0.2) is 5.78 Å². The average Bonchev–Trinajstić information content (AvgIpc) is 2.75. The number of ketones is 1. The number of aliphatic carboxylic acids is 1. The number of aliphatic hydroxyl groups excluding tert-OH is 1. The third kappa shape index (κ3) is 2.83. The molecule has 0 heterocycles. The monoisotopic (exact) mass is 486 g/mol. The highest BCUT2D eigenvalue weighted by Gasteiger charge is 2.71. The SMILES string of the molecule is C[C@@H]1CC[C@]2(C(=O)O)CC[C@]3(C)C(=CC[C@@H]4[C@]5(C)C[C@H](O)C(=O)C(C)(C)[C@@H]5CC[C@@]43C)[C@H]2[C@]1(C)O. The molecule has 5 nitrogen and oxygen atoms in total. The number of allylic oxidation sites excluding steroid dienone is 1. The predicted molar refractivity (Wildman–Crippen MR) is 134 cm³/mol. The van der Waals surface area contributed by atoms with Crippen LogP contribution in [0.4, 0.5) is 0 Å². The van der Waals surface area contributed by atoms with Crippen LogP contribution in [0.3, 0.4) is 0 Å². The fourth-order valence-corrected chi connectivity index (χ4v) is 10.8. The Morgan fingerprint density at radius 2 is 1.63 bits per heavy atom. The molecule has 5 aliphatic carbocycles. The molecule has 0 aromatic carbocycles. The fraction of sp³-hybridized carbons (Fsp3) is 0.867. The van der Waals surface area contributed by atoms with Gasteiger partial charge in [-0.3, -0.25) is 9.59 Å². The molecule has 0 bridgehead atoms. The first-order chi connectivity index (χ1) is 16.0. The van der Waals surface area contributed by atoms with Gasteiger partial charge in [-0.2, -0.15) is 0 Å². The normalized spacial score (nSPS) is 55.1. The third-order valence-electron chi connectivity index (χ3n) is 13.2. The number of carbonyl (C=O) groups excluding carboxylic acids is 1. The highest BCUT2D eigenvalue weighted by molar-refractivity contribution is 5.89. The minimum atomic E-state index is -1.07. The molecule has 0 unspecified atom stereocenters. The van der Waals surface area contributed by atoms with Crippen molar-refractivity contribution >= 4 is 11.8 Å². The number of carboxylic acids is 1. The lowest BCUT2D eigenvalue weighted by Crippen LogP contribution is -2.68. The largest absolute Gasteiger partial charge is 0.481 e. The molecule has 0 amide bonds. The molecule has 4 saturated carbocycles. The first kappa shape index (κ1) is 25.4. The van der Waals surface area contributed by atoms with E-state index in [1.807, 2.05) is 20.8 Å². The molecule has 0 radical (unpaired) electrons. The molecular weight excluding hydrogens is 440 g/mol. The van der Waals surface area contributed by atoms with E-state index in [2.05, 4.69) is 33.8 Å². The van der Waals surface area contributed by atoms with Gasteiger partial charge in [0.05, 0.1) is 11.0 Å². The summed E-state index contributed by atoms with van der Waals surface area (Å²) >= 11 is 0. The van der Waals surface area contributed by atoms with Gasteiger partial charge in [-0.15, -0.1) is 0 Å². The molecule has 0 spiro atoms. The zero-order chi connectivity index (χ0) is 26.0. The van der Waals surface area contributed by atoms with Crippen LogP contribution in [0.2, 0.25) is 0 Å². The molecule has 5 aliphatic rings. The number of aliphatic hydroxyl groups is 2. The summed E-state index contributed by atoms with van der Waals surface area (Å²) < 4.78 is 0. The van der Waals surface area contributed by atoms with Gasteiger partial charge in [-0.25, -0.2) is 0 Å². The Labute approximate surface area is 210 Å². The molecule has 0 aliphatic heterocycles. The van der Waals surface area contributed by atoms with Crippen LogP contribution in [0, 0.1) is 50.7 Å². The maximum Gasteiger partial charge on any atom is 0.310 e. The van der Waals surface area contributed by atoms with E-state index in [-0.39, 0.29) is 39.8 Å². The molecular formula is C30H46O5. The second-order valence-corrected chi connectivity index (χ2v) is 14.7. The summed E-state index contributed by atoms with van der Waals surface area (Å²) in [6.07, 6.45) is 7.42. The van der Waals surface area contributed by atoms with E-state index in [9.17, 15) is 24.9 Å². The van der Waals surface area contributed by atoms with Gasteiger partial charge in [0, 0.05) is 11.3 Å². The minimum Gasteiger partial charge on any atom is -0.481 e. The Hall–Kier alpha value is -1.20. The van der Waals surface area contributed by atoms with Gasteiger partial charge in [-0.1, -0.05) is 53.2 Å².